The fourth-order valence-electron chi connectivity index (χ4n) is 6.42. The maximum Gasteiger partial charge on any atom is 0.414 e. The maximum absolute atomic E-state index is 13.7. The molecule has 0 saturated heterocycles. The van der Waals surface area contributed by atoms with E-state index in [1.54, 1.807) is 17.0 Å². The molecule has 0 radical (unpaired) electrons. The lowest BCUT2D eigenvalue weighted by molar-refractivity contribution is -0.147. The van der Waals surface area contributed by atoms with Crippen LogP contribution in [0.1, 0.15) is 72.9 Å². The van der Waals surface area contributed by atoms with Crippen molar-refractivity contribution < 1.29 is 33.7 Å². The quantitative estimate of drug-likeness (QED) is 0.446. The molecule has 2 aromatic carbocycles. The molecule has 2 aliphatic rings. The first-order valence-electron chi connectivity index (χ1n) is 14.1. The Balaban J connectivity index is 1.71. The normalized spacial score (nSPS) is 21.2. The average Bonchev–Trinajstić information content (AvgIpc) is 2.96. The minimum atomic E-state index is -1.35. The minimum absolute atomic E-state index is 0.0211. The Morgan fingerprint density at radius 3 is 2.52 bits per heavy atom. The van der Waals surface area contributed by atoms with Gasteiger partial charge in [0.15, 0.2) is 5.78 Å². The SMILES string of the molecule is COC(=O)[C@@H]1CCC[C@@H](Cc2ccc3c(c2CC(=O)C(O)c2cc(C)ccc2OC)CC[C@H](C)N3C(=O)OC)C1. The fraction of sp³-hybridized carbons (Fsp3) is 0.531. The standard InChI is InChI=1S/C32H41NO7/c1-19-9-14-29(38-3)26(15-19)30(35)28(34)18-25-22(16-21-7-6-8-23(17-21)31(36)39-4)11-13-27-24(25)12-10-20(2)33(27)32(37)40-5/h9,11,13-15,20-21,23,30,35H,6-8,10,12,16-18H2,1-5H3/t20-,21-,23+,30?/m0/s1. The smallest absolute Gasteiger partial charge is 0.414 e. The summed E-state index contributed by atoms with van der Waals surface area (Å²) in [7, 11) is 4.32. The van der Waals surface area contributed by atoms with Crippen LogP contribution < -0.4 is 9.64 Å². The van der Waals surface area contributed by atoms with Gasteiger partial charge in [-0.05, 0) is 86.8 Å². The number of amides is 1. The number of Topliss-reactive ketones (excluding diaryl/α,β-unsaturated/α-hetero) is 1. The van der Waals surface area contributed by atoms with Gasteiger partial charge in [-0.15, -0.1) is 0 Å². The molecule has 0 aromatic heterocycles. The Morgan fingerprint density at radius 1 is 1.05 bits per heavy atom. The van der Waals surface area contributed by atoms with E-state index in [-0.39, 0.29) is 36.1 Å². The number of aliphatic hydroxyl groups excluding tert-OH is 1. The van der Waals surface area contributed by atoms with Crippen LogP contribution in [0.2, 0.25) is 0 Å². The molecule has 1 amide bonds. The van der Waals surface area contributed by atoms with Gasteiger partial charge >= 0.3 is 12.1 Å². The number of ether oxygens (including phenoxy) is 3. The van der Waals surface area contributed by atoms with E-state index >= 15 is 0 Å². The molecule has 0 bridgehead atoms. The lowest BCUT2D eigenvalue weighted by Crippen LogP contribution is -2.42. The molecule has 1 fully saturated rings. The van der Waals surface area contributed by atoms with Crippen LogP contribution >= 0.6 is 0 Å². The first-order chi connectivity index (χ1) is 19.2. The van der Waals surface area contributed by atoms with E-state index in [9.17, 15) is 19.5 Å². The lowest BCUT2D eigenvalue weighted by Gasteiger charge is -2.36. The third-order valence-corrected chi connectivity index (χ3v) is 8.55. The predicted octanol–water partition coefficient (Wildman–Crippen LogP) is 5.28. The van der Waals surface area contributed by atoms with Crippen LogP contribution in [0.15, 0.2) is 30.3 Å². The molecule has 40 heavy (non-hydrogen) atoms. The summed E-state index contributed by atoms with van der Waals surface area (Å²) >= 11 is 0. The number of aryl methyl sites for hydroxylation is 1. The van der Waals surface area contributed by atoms with Gasteiger partial charge in [0, 0.05) is 18.0 Å². The zero-order valence-corrected chi connectivity index (χ0v) is 24.2. The van der Waals surface area contributed by atoms with E-state index < -0.39 is 12.2 Å². The van der Waals surface area contributed by atoms with Crippen molar-refractivity contribution in [2.24, 2.45) is 11.8 Å². The van der Waals surface area contributed by atoms with Gasteiger partial charge in [-0.25, -0.2) is 4.79 Å². The molecule has 216 valence electrons. The van der Waals surface area contributed by atoms with Crippen molar-refractivity contribution in [3.63, 3.8) is 0 Å². The molecule has 1 unspecified atom stereocenters. The van der Waals surface area contributed by atoms with E-state index in [2.05, 4.69) is 0 Å². The van der Waals surface area contributed by atoms with Crippen LogP contribution in [0, 0.1) is 18.8 Å². The largest absolute Gasteiger partial charge is 0.496 e. The number of benzene rings is 2. The zero-order chi connectivity index (χ0) is 29.0. The number of aliphatic hydroxyl groups is 1. The Hall–Kier alpha value is -3.39. The van der Waals surface area contributed by atoms with Gasteiger partial charge in [-0.1, -0.05) is 30.5 Å². The molecule has 0 spiro atoms. The highest BCUT2D eigenvalue weighted by Crippen LogP contribution is 2.39. The molecule has 1 aliphatic carbocycles. The molecular weight excluding hydrogens is 510 g/mol. The second-order valence-corrected chi connectivity index (χ2v) is 11.2. The molecule has 8 heteroatoms. The first kappa shape index (κ1) is 29.6. The van der Waals surface area contributed by atoms with Crippen LogP contribution in [-0.2, 0) is 38.3 Å². The Labute approximate surface area is 236 Å². The fourth-order valence-corrected chi connectivity index (χ4v) is 6.42. The number of hydrogen-bond donors (Lipinski definition) is 1. The second kappa shape index (κ2) is 12.9. The number of carbonyl (C=O) groups excluding carboxylic acids is 3. The predicted molar refractivity (Wildman–Crippen MR) is 152 cm³/mol. The molecule has 8 nitrogen and oxygen atoms in total. The monoisotopic (exact) mass is 551 g/mol. The zero-order valence-electron chi connectivity index (χ0n) is 24.2. The second-order valence-electron chi connectivity index (χ2n) is 11.2. The number of rotatable bonds is 8. The molecule has 1 N–H and O–H groups in total. The van der Waals surface area contributed by atoms with Gasteiger partial charge in [0.05, 0.1) is 32.9 Å². The summed E-state index contributed by atoms with van der Waals surface area (Å²) in [4.78, 5) is 40.3. The average molecular weight is 552 g/mol. The number of methoxy groups -OCH3 is 3. The molecule has 1 saturated carbocycles. The van der Waals surface area contributed by atoms with Gasteiger partial charge in [0.1, 0.15) is 11.9 Å². The van der Waals surface area contributed by atoms with Crippen molar-refractivity contribution in [2.75, 3.05) is 26.2 Å². The molecule has 1 heterocycles. The highest BCUT2D eigenvalue weighted by Gasteiger charge is 2.34. The van der Waals surface area contributed by atoms with E-state index in [4.69, 9.17) is 14.2 Å². The van der Waals surface area contributed by atoms with Crippen molar-refractivity contribution in [3.05, 3.63) is 58.1 Å². The van der Waals surface area contributed by atoms with E-state index in [0.29, 0.717) is 24.2 Å². The van der Waals surface area contributed by atoms with Crippen molar-refractivity contribution >= 4 is 23.5 Å². The van der Waals surface area contributed by atoms with E-state index in [1.807, 2.05) is 32.0 Å². The maximum atomic E-state index is 13.7. The van der Waals surface area contributed by atoms with E-state index in [0.717, 1.165) is 60.0 Å². The Bertz CT molecular complexity index is 1260. The number of esters is 1. The minimum Gasteiger partial charge on any atom is -0.496 e. The summed E-state index contributed by atoms with van der Waals surface area (Å²) < 4.78 is 15.5. The first-order valence-corrected chi connectivity index (χ1v) is 14.1. The van der Waals surface area contributed by atoms with Crippen LogP contribution in [-0.4, -0.2) is 50.3 Å². The van der Waals surface area contributed by atoms with Gasteiger partial charge in [-0.2, -0.15) is 0 Å². The highest BCUT2D eigenvalue weighted by molar-refractivity contribution is 5.92. The van der Waals surface area contributed by atoms with Crippen molar-refractivity contribution in [2.45, 2.75) is 77.4 Å². The summed E-state index contributed by atoms with van der Waals surface area (Å²) in [6.07, 6.45) is 3.89. The van der Waals surface area contributed by atoms with Gasteiger partial charge in [-0.3, -0.25) is 14.5 Å². The summed E-state index contributed by atoms with van der Waals surface area (Å²) in [6.45, 7) is 3.89. The van der Waals surface area contributed by atoms with Crippen LogP contribution in [0.4, 0.5) is 10.5 Å². The molecule has 4 rings (SSSR count). The van der Waals surface area contributed by atoms with Crippen molar-refractivity contribution in [3.8, 4) is 5.75 Å². The summed E-state index contributed by atoms with van der Waals surface area (Å²) in [5, 5.41) is 11.2. The van der Waals surface area contributed by atoms with Gasteiger partial charge in [0.2, 0.25) is 0 Å². The number of nitrogens with zero attached hydrogens (tertiary/aromatic N) is 1. The summed E-state index contributed by atoms with van der Waals surface area (Å²) in [5.74, 6) is 0.119. The van der Waals surface area contributed by atoms with Crippen LogP contribution in [0.3, 0.4) is 0 Å². The third kappa shape index (κ3) is 6.17. The van der Waals surface area contributed by atoms with Gasteiger partial charge < -0.3 is 19.3 Å². The number of ketones is 1. The Morgan fingerprint density at radius 2 is 1.82 bits per heavy atom. The van der Waals surface area contributed by atoms with Crippen LogP contribution in [0.25, 0.3) is 0 Å². The highest BCUT2D eigenvalue weighted by atomic mass is 16.5. The Kier molecular flexibility index (Phi) is 9.51. The number of anilines is 1. The van der Waals surface area contributed by atoms with E-state index in [1.165, 1.54) is 21.3 Å². The van der Waals surface area contributed by atoms with Crippen LogP contribution in [0.5, 0.6) is 5.75 Å². The molecule has 4 atom stereocenters. The number of carbonyl (C=O) groups is 3. The third-order valence-electron chi connectivity index (χ3n) is 8.55. The van der Waals surface area contributed by atoms with Crippen molar-refractivity contribution in [1.29, 1.82) is 0 Å². The molecular formula is C32H41NO7. The summed E-state index contributed by atoms with van der Waals surface area (Å²) in [6, 6.07) is 9.31. The van der Waals surface area contributed by atoms with Crippen molar-refractivity contribution in [1.82, 2.24) is 0 Å². The molecule has 1 aliphatic heterocycles. The number of hydrogen-bond acceptors (Lipinski definition) is 7. The summed E-state index contributed by atoms with van der Waals surface area (Å²) in [5.41, 5.74) is 4.92. The topological polar surface area (TPSA) is 102 Å². The molecule has 2 aromatic rings. The number of fused-ring (bicyclic) bond motifs is 1. The lowest BCUT2D eigenvalue weighted by atomic mass is 9.76. The van der Waals surface area contributed by atoms with Gasteiger partial charge in [0.25, 0.3) is 0 Å².